The lowest BCUT2D eigenvalue weighted by molar-refractivity contribution is 0.194. The third-order valence-electron chi connectivity index (χ3n) is 1.88. The highest BCUT2D eigenvalue weighted by atomic mass is 32.1. The van der Waals surface area contributed by atoms with E-state index in [0.29, 0.717) is 23.1 Å². The quantitative estimate of drug-likeness (QED) is 0.730. The lowest BCUT2D eigenvalue weighted by Crippen LogP contribution is -2.10. The summed E-state index contributed by atoms with van der Waals surface area (Å²) in [5.41, 5.74) is 6.26. The van der Waals surface area contributed by atoms with Crippen LogP contribution in [0.2, 0.25) is 0 Å². The maximum atomic E-state index is 8.68. The van der Waals surface area contributed by atoms with Crippen LogP contribution < -0.4 is 15.2 Å². The van der Waals surface area contributed by atoms with Gasteiger partial charge >= 0.3 is 0 Å². The van der Waals surface area contributed by atoms with Crippen LogP contribution in [0.4, 0.5) is 0 Å². The molecule has 0 atom stereocenters. The molecule has 1 aromatic rings. The third-order valence-corrected chi connectivity index (χ3v) is 2.11. The molecule has 0 aliphatic heterocycles. The predicted octanol–water partition coefficient (Wildman–Crippen LogP) is 1.09. The van der Waals surface area contributed by atoms with Crippen molar-refractivity contribution in [1.82, 2.24) is 0 Å². The second-order valence-corrected chi connectivity index (χ2v) is 3.47. The molecule has 1 rings (SSSR count). The highest BCUT2D eigenvalue weighted by Crippen LogP contribution is 2.28. The van der Waals surface area contributed by atoms with Crippen molar-refractivity contribution < 1.29 is 14.6 Å². The Hall–Kier alpha value is -1.33. The summed E-state index contributed by atoms with van der Waals surface area (Å²) >= 11 is 4.88. The SMILES string of the molecule is CCOc1cc(C(N)=S)ccc1OCCO. The normalized spacial score (nSPS) is 9.88. The molecule has 0 aliphatic carbocycles. The van der Waals surface area contributed by atoms with E-state index < -0.39 is 0 Å². The van der Waals surface area contributed by atoms with E-state index in [9.17, 15) is 0 Å². The minimum atomic E-state index is -0.0391. The first-order valence-electron chi connectivity index (χ1n) is 4.99. The fourth-order valence-corrected chi connectivity index (χ4v) is 1.33. The van der Waals surface area contributed by atoms with Gasteiger partial charge in [-0.15, -0.1) is 0 Å². The van der Waals surface area contributed by atoms with Crippen LogP contribution in [0.1, 0.15) is 12.5 Å². The van der Waals surface area contributed by atoms with Crippen LogP contribution in [0.5, 0.6) is 11.5 Å². The Morgan fingerprint density at radius 2 is 2.12 bits per heavy atom. The summed E-state index contributed by atoms with van der Waals surface area (Å²) in [5.74, 6) is 1.16. The molecular formula is C11H15NO3S. The van der Waals surface area contributed by atoms with Gasteiger partial charge in [0.15, 0.2) is 11.5 Å². The Bertz CT molecular complexity index is 368. The van der Waals surface area contributed by atoms with Crippen molar-refractivity contribution in [3.05, 3.63) is 23.8 Å². The molecule has 0 aliphatic rings. The molecule has 5 heteroatoms. The molecule has 0 saturated heterocycles. The number of hydrogen-bond acceptors (Lipinski definition) is 4. The van der Waals surface area contributed by atoms with Crippen molar-refractivity contribution in [3.8, 4) is 11.5 Å². The summed E-state index contributed by atoms with van der Waals surface area (Å²) in [6.45, 7) is 2.59. The molecule has 0 radical (unpaired) electrons. The van der Waals surface area contributed by atoms with E-state index in [0.717, 1.165) is 5.56 Å². The molecule has 0 bridgehead atoms. The van der Waals surface area contributed by atoms with Crippen LogP contribution in [0, 0.1) is 0 Å². The molecule has 0 amide bonds. The summed E-state index contributed by atoms with van der Waals surface area (Å²) in [5, 5.41) is 8.68. The first-order valence-corrected chi connectivity index (χ1v) is 5.40. The first kappa shape index (κ1) is 12.7. The van der Waals surface area contributed by atoms with Crippen molar-refractivity contribution in [2.75, 3.05) is 19.8 Å². The van der Waals surface area contributed by atoms with Gasteiger partial charge in [-0.1, -0.05) is 12.2 Å². The van der Waals surface area contributed by atoms with Gasteiger partial charge in [-0.2, -0.15) is 0 Å². The number of aliphatic hydroxyl groups is 1. The Balaban J connectivity index is 2.94. The van der Waals surface area contributed by atoms with Crippen molar-refractivity contribution in [2.24, 2.45) is 5.73 Å². The van der Waals surface area contributed by atoms with Crippen LogP contribution >= 0.6 is 12.2 Å². The molecule has 4 nitrogen and oxygen atoms in total. The van der Waals surface area contributed by atoms with Crippen molar-refractivity contribution >= 4 is 17.2 Å². The molecule has 0 aromatic heterocycles. The second kappa shape index (κ2) is 6.30. The molecule has 16 heavy (non-hydrogen) atoms. The minimum Gasteiger partial charge on any atom is -0.490 e. The number of hydrogen-bond donors (Lipinski definition) is 2. The number of nitrogens with two attached hydrogens (primary N) is 1. The Labute approximate surface area is 100.0 Å². The van der Waals surface area contributed by atoms with Gasteiger partial charge in [-0.05, 0) is 25.1 Å². The van der Waals surface area contributed by atoms with Crippen LogP contribution in [0.25, 0.3) is 0 Å². The molecule has 0 unspecified atom stereocenters. The number of aliphatic hydroxyl groups excluding tert-OH is 1. The molecule has 0 fully saturated rings. The highest BCUT2D eigenvalue weighted by molar-refractivity contribution is 7.80. The van der Waals surface area contributed by atoms with E-state index in [2.05, 4.69) is 0 Å². The molecule has 88 valence electrons. The van der Waals surface area contributed by atoms with Crippen LogP contribution in [0.15, 0.2) is 18.2 Å². The molecule has 0 saturated carbocycles. The maximum absolute atomic E-state index is 8.68. The van der Waals surface area contributed by atoms with Crippen molar-refractivity contribution in [2.45, 2.75) is 6.92 Å². The predicted molar refractivity (Wildman–Crippen MR) is 66.1 cm³/mol. The largest absolute Gasteiger partial charge is 0.490 e. The van der Waals surface area contributed by atoms with Gasteiger partial charge in [-0.3, -0.25) is 0 Å². The van der Waals surface area contributed by atoms with Crippen molar-refractivity contribution in [1.29, 1.82) is 0 Å². The summed E-state index contributed by atoms with van der Waals surface area (Å²) in [6.07, 6.45) is 0. The van der Waals surface area contributed by atoms with E-state index in [1.807, 2.05) is 6.92 Å². The molecule has 1 aromatic carbocycles. The Morgan fingerprint density at radius 1 is 1.38 bits per heavy atom. The Morgan fingerprint density at radius 3 is 2.69 bits per heavy atom. The summed E-state index contributed by atoms with van der Waals surface area (Å²) in [6, 6.07) is 5.23. The van der Waals surface area contributed by atoms with Crippen LogP contribution in [-0.4, -0.2) is 29.9 Å². The zero-order valence-corrected chi connectivity index (χ0v) is 9.92. The number of ether oxygens (including phenoxy) is 2. The molecule has 0 heterocycles. The van der Waals surface area contributed by atoms with E-state index in [1.54, 1.807) is 18.2 Å². The summed E-state index contributed by atoms with van der Waals surface area (Å²) < 4.78 is 10.7. The van der Waals surface area contributed by atoms with Gasteiger partial charge in [0.2, 0.25) is 0 Å². The van der Waals surface area contributed by atoms with Crippen LogP contribution in [-0.2, 0) is 0 Å². The van der Waals surface area contributed by atoms with E-state index >= 15 is 0 Å². The van der Waals surface area contributed by atoms with Crippen LogP contribution in [0.3, 0.4) is 0 Å². The van der Waals surface area contributed by atoms with E-state index in [-0.39, 0.29) is 13.2 Å². The third kappa shape index (κ3) is 3.36. The molecule has 0 spiro atoms. The Kier molecular flexibility index (Phi) is 5.01. The van der Waals surface area contributed by atoms with Gasteiger partial charge in [0, 0.05) is 5.56 Å². The summed E-state index contributed by atoms with van der Waals surface area (Å²) in [7, 11) is 0. The fourth-order valence-electron chi connectivity index (χ4n) is 1.20. The zero-order chi connectivity index (χ0) is 12.0. The summed E-state index contributed by atoms with van der Waals surface area (Å²) in [4.78, 5) is 0.315. The average Bonchev–Trinajstić information content (AvgIpc) is 2.27. The average molecular weight is 241 g/mol. The number of thiocarbonyl (C=S) groups is 1. The monoisotopic (exact) mass is 241 g/mol. The maximum Gasteiger partial charge on any atom is 0.161 e. The highest BCUT2D eigenvalue weighted by Gasteiger charge is 2.07. The lowest BCUT2D eigenvalue weighted by atomic mass is 10.2. The number of benzene rings is 1. The number of rotatable bonds is 6. The smallest absolute Gasteiger partial charge is 0.161 e. The first-order chi connectivity index (χ1) is 7.69. The van der Waals surface area contributed by atoms with Gasteiger partial charge in [0.05, 0.1) is 13.2 Å². The topological polar surface area (TPSA) is 64.7 Å². The van der Waals surface area contributed by atoms with Gasteiger partial charge < -0.3 is 20.3 Å². The van der Waals surface area contributed by atoms with E-state index in [1.165, 1.54) is 0 Å². The van der Waals surface area contributed by atoms with Gasteiger partial charge in [0.25, 0.3) is 0 Å². The standard InChI is InChI=1S/C11H15NO3S/c1-2-14-10-7-8(11(12)16)3-4-9(10)15-6-5-13/h3-4,7,13H,2,5-6H2,1H3,(H2,12,16). The van der Waals surface area contributed by atoms with Crippen molar-refractivity contribution in [3.63, 3.8) is 0 Å². The lowest BCUT2D eigenvalue weighted by Gasteiger charge is -2.12. The fraction of sp³-hybridized carbons (Fsp3) is 0.364. The zero-order valence-electron chi connectivity index (χ0n) is 9.10. The van der Waals surface area contributed by atoms with Gasteiger partial charge in [0.1, 0.15) is 11.6 Å². The minimum absolute atomic E-state index is 0.0391. The second-order valence-electron chi connectivity index (χ2n) is 3.03. The molecule has 3 N–H and O–H groups in total. The van der Waals surface area contributed by atoms with E-state index in [4.69, 9.17) is 32.5 Å². The van der Waals surface area contributed by atoms with Gasteiger partial charge in [-0.25, -0.2) is 0 Å². The molecular weight excluding hydrogens is 226 g/mol.